The van der Waals surface area contributed by atoms with Crippen molar-refractivity contribution < 1.29 is 0 Å². The smallest absolute Gasteiger partial charge is 0.0462 e. The van der Waals surface area contributed by atoms with Crippen LogP contribution in [0.3, 0.4) is 0 Å². The van der Waals surface area contributed by atoms with Gasteiger partial charge in [-0.3, -0.25) is 0 Å². The first-order valence-electron chi connectivity index (χ1n) is 39.2. The van der Waals surface area contributed by atoms with Crippen molar-refractivity contribution >= 4 is 55.7 Å². The van der Waals surface area contributed by atoms with Gasteiger partial charge in [0.05, 0.1) is 0 Å². The molecule has 17 aromatic carbocycles. The summed E-state index contributed by atoms with van der Waals surface area (Å²) in [4.78, 5) is 4.69. The SMILES string of the molecule is c1ccc(-c2ccc(-c3cccc4cc(-c5ccc(N(c6ccc(-c7ccccc7)cc6)c6ccc(-c7ccccc7)cc6)cc5)ccc34)cc2)cc1.c1ccc(-c2ccc(N(c3ccc(-c4ccccc4)cc3)c3ccc(-c4ccc5c(-c6ccc(C78CC9CC(CC(C9)C7)C8)cc6)cccc5c4)cc3)cc2)cc1. The number of hydrogen-bond acceptors (Lipinski definition) is 2. The molecule has 0 aliphatic heterocycles. The van der Waals surface area contributed by atoms with Crippen molar-refractivity contribution in [3.8, 4) is 100 Å². The molecule has 21 rings (SSSR count). The highest BCUT2D eigenvalue weighted by Gasteiger charge is 2.51. The second-order valence-corrected chi connectivity index (χ2v) is 30.6. The highest BCUT2D eigenvalue weighted by molar-refractivity contribution is 6.01. The Kier molecular flexibility index (Phi) is 18.3. The normalized spacial score (nSPS) is 16.1. The van der Waals surface area contributed by atoms with Gasteiger partial charge in [0, 0.05) is 34.1 Å². The molecule has 0 saturated heterocycles. The summed E-state index contributed by atoms with van der Waals surface area (Å²) in [5.41, 5.74) is 30.8. The first-order chi connectivity index (χ1) is 54.4. The van der Waals surface area contributed by atoms with Crippen LogP contribution < -0.4 is 9.80 Å². The first kappa shape index (κ1) is 67.5. The number of anilines is 6. The van der Waals surface area contributed by atoms with Crippen molar-refractivity contribution in [3.05, 3.63) is 424 Å². The third-order valence-electron chi connectivity index (χ3n) is 23.8. The maximum absolute atomic E-state index is 2.48. The maximum atomic E-state index is 2.48. The molecule has 526 valence electrons. The topological polar surface area (TPSA) is 6.48 Å². The molecule has 0 aromatic heterocycles. The molecule has 4 fully saturated rings. The molecule has 110 heavy (non-hydrogen) atoms. The van der Waals surface area contributed by atoms with Crippen LogP contribution in [0.1, 0.15) is 44.1 Å². The summed E-state index contributed by atoms with van der Waals surface area (Å²) in [7, 11) is 0. The maximum Gasteiger partial charge on any atom is 0.0462 e. The van der Waals surface area contributed by atoms with E-state index in [1.165, 1.54) is 160 Å². The molecule has 0 heterocycles. The number of benzene rings is 17. The third-order valence-corrected chi connectivity index (χ3v) is 23.8. The molecule has 0 unspecified atom stereocenters. The van der Waals surface area contributed by atoms with E-state index in [1.54, 1.807) is 5.56 Å². The highest BCUT2D eigenvalue weighted by Crippen LogP contribution is 2.61. The van der Waals surface area contributed by atoms with Crippen molar-refractivity contribution in [2.45, 2.75) is 43.9 Å². The van der Waals surface area contributed by atoms with Gasteiger partial charge in [-0.15, -0.1) is 0 Å². The summed E-state index contributed by atoms with van der Waals surface area (Å²) in [5, 5.41) is 5.07. The highest BCUT2D eigenvalue weighted by atomic mass is 15.1. The van der Waals surface area contributed by atoms with E-state index < -0.39 is 0 Å². The van der Waals surface area contributed by atoms with Gasteiger partial charge in [-0.05, 0) is 274 Å². The molecular formula is C108H84N2. The Morgan fingerprint density at radius 1 is 0.182 bits per heavy atom. The summed E-state index contributed by atoms with van der Waals surface area (Å²) in [6, 6.07) is 152. The van der Waals surface area contributed by atoms with E-state index in [1.807, 2.05) is 0 Å². The fourth-order valence-electron chi connectivity index (χ4n) is 18.6. The lowest BCUT2D eigenvalue weighted by Gasteiger charge is -2.57. The Morgan fingerprint density at radius 2 is 0.400 bits per heavy atom. The molecule has 4 saturated carbocycles. The minimum atomic E-state index is 0.438. The van der Waals surface area contributed by atoms with Gasteiger partial charge in [0.1, 0.15) is 0 Å². The quantitative estimate of drug-likeness (QED) is 0.0951. The Balaban J connectivity index is 0.000000149. The molecule has 2 heteroatoms. The van der Waals surface area contributed by atoms with E-state index in [9.17, 15) is 0 Å². The lowest BCUT2D eigenvalue weighted by Crippen LogP contribution is -2.48. The van der Waals surface area contributed by atoms with Gasteiger partial charge in [-0.1, -0.05) is 334 Å². The van der Waals surface area contributed by atoms with Crippen LogP contribution in [-0.4, -0.2) is 0 Å². The van der Waals surface area contributed by atoms with E-state index in [0.717, 1.165) is 51.9 Å². The molecule has 17 aromatic rings. The van der Waals surface area contributed by atoms with Crippen LogP contribution in [0.2, 0.25) is 0 Å². The zero-order chi connectivity index (χ0) is 73.2. The van der Waals surface area contributed by atoms with Crippen LogP contribution in [0.4, 0.5) is 34.1 Å². The Bertz CT molecular complexity index is 5800. The van der Waals surface area contributed by atoms with Crippen LogP contribution in [0.5, 0.6) is 0 Å². The van der Waals surface area contributed by atoms with Crippen molar-refractivity contribution in [3.63, 3.8) is 0 Å². The standard InChI is InChI=1S/C56H47N.C52H37N/c1-3-8-42(9-4-1)44-16-25-51(26-17-44)57(52-27-18-45(19-28-52)43-10-5-2-6-11-43)53-29-20-46(21-30-53)48-22-31-55-49(35-48)12-7-13-54(55)47-14-23-50(24-15-47)56-36-39-32-40(37-56)34-41(33-39)38-56;1-4-11-38(12-5-1)41-19-21-45(22-20-41)51-18-10-17-47-37-46(29-36-52(47)51)44-27-34-50(35-28-44)53(48-30-23-42(24-31-48)39-13-6-2-7-14-39)49-32-25-43(26-33-49)40-15-8-3-9-16-40/h1-31,35,39-41H,32-34,36-38H2;1-37H. The van der Waals surface area contributed by atoms with Crippen LogP contribution in [0, 0.1) is 17.8 Å². The Labute approximate surface area is 647 Å². The lowest BCUT2D eigenvalue weighted by atomic mass is 9.48. The van der Waals surface area contributed by atoms with E-state index in [-0.39, 0.29) is 0 Å². The van der Waals surface area contributed by atoms with Gasteiger partial charge in [0.25, 0.3) is 0 Å². The molecule has 4 aliphatic rings. The molecule has 0 atom stereocenters. The van der Waals surface area contributed by atoms with E-state index in [0.29, 0.717) is 5.41 Å². The van der Waals surface area contributed by atoms with Gasteiger partial charge in [0.2, 0.25) is 0 Å². The Hall–Kier alpha value is -13.1. The fourth-order valence-corrected chi connectivity index (χ4v) is 18.6. The summed E-state index contributed by atoms with van der Waals surface area (Å²) in [5.74, 6) is 2.90. The van der Waals surface area contributed by atoms with Gasteiger partial charge < -0.3 is 9.80 Å². The molecular weight excluding hydrogens is 1330 g/mol. The van der Waals surface area contributed by atoms with E-state index >= 15 is 0 Å². The number of hydrogen-bond donors (Lipinski definition) is 0. The van der Waals surface area contributed by atoms with Gasteiger partial charge in [-0.2, -0.15) is 0 Å². The predicted octanol–water partition coefficient (Wildman–Crippen LogP) is 30.1. The molecule has 0 radical (unpaired) electrons. The zero-order valence-electron chi connectivity index (χ0n) is 61.7. The summed E-state index contributed by atoms with van der Waals surface area (Å²) in [6.45, 7) is 0. The van der Waals surface area contributed by atoms with Crippen molar-refractivity contribution in [2.24, 2.45) is 17.8 Å². The van der Waals surface area contributed by atoms with Gasteiger partial charge in [0.15, 0.2) is 0 Å². The monoisotopic (exact) mass is 1410 g/mol. The molecule has 0 spiro atoms. The predicted molar refractivity (Wildman–Crippen MR) is 466 cm³/mol. The summed E-state index contributed by atoms with van der Waals surface area (Å²) < 4.78 is 0. The Morgan fingerprint density at radius 3 is 0.673 bits per heavy atom. The summed E-state index contributed by atoms with van der Waals surface area (Å²) in [6.07, 6.45) is 8.72. The van der Waals surface area contributed by atoms with E-state index in [4.69, 9.17) is 0 Å². The van der Waals surface area contributed by atoms with Gasteiger partial charge in [-0.25, -0.2) is 0 Å². The average Bonchev–Trinajstić information content (AvgIpc) is 0.734. The van der Waals surface area contributed by atoms with Crippen molar-refractivity contribution in [1.29, 1.82) is 0 Å². The lowest BCUT2D eigenvalue weighted by molar-refractivity contribution is -0.00518. The molecule has 0 amide bonds. The molecule has 4 aliphatic carbocycles. The summed E-state index contributed by atoms with van der Waals surface area (Å²) >= 11 is 0. The van der Waals surface area contributed by atoms with Crippen LogP contribution in [0.15, 0.2) is 419 Å². The minimum absolute atomic E-state index is 0.438. The van der Waals surface area contributed by atoms with Crippen LogP contribution in [-0.2, 0) is 5.41 Å². The number of nitrogens with zero attached hydrogens (tertiary/aromatic N) is 2. The first-order valence-corrected chi connectivity index (χ1v) is 39.2. The number of rotatable bonds is 16. The molecule has 4 bridgehead atoms. The third kappa shape index (κ3) is 13.8. The molecule has 0 N–H and O–H groups in total. The van der Waals surface area contributed by atoms with Crippen LogP contribution >= 0.6 is 0 Å². The van der Waals surface area contributed by atoms with Crippen molar-refractivity contribution in [2.75, 3.05) is 9.80 Å². The average molecular weight is 1410 g/mol. The zero-order valence-corrected chi connectivity index (χ0v) is 61.7. The largest absolute Gasteiger partial charge is 0.311 e. The van der Waals surface area contributed by atoms with Crippen LogP contribution in [0.25, 0.3) is 122 Å². The minimum Gasteiger partial charge on any atom is -0.311 e. The van der Waals surface area contributed by atoms with Crippen molar-refractivity contribution in [1.82, 2.24) is 0 Å². The van der Waals surface area contributed by atoms with E-state index in [2.05, 4.69) is 428 Å². The fraction of sp³-hybridized carbons (Fsp3) is 0.0926. The second-order valence-electron chi connectivity index (χ2n) is 30.6. The second kappa shape index (κ2) is 29.9. The molecule has 2 nitrogen and oxygen atoms in total. The number of fused-ring (bicyclic) bond motifs is 2. The van der Waals surface area contributed by atoms with Gasteiger partial charge >= 0.3 is 0 Å².